The highest BCUT2D eigenvalue weighted by molar-refractivity contribution is 5.69. The zero-order valence-electron chi connectivity index (χ0n) is 16.4. The van der Waals surface area contributed by atoms with E-state index >= 15 is 0 Å². The number of aryl methyl sites for hydroxylation is 1. The number of rotatable bonds is 3. The fourth-order valence-electron chi connectivity index (χ4n) is 4.48. The highest BCUT2D eigenvalue weighted by Gasteiger charge is 2.49. The minimum Gasteiger partial charge on any atom is -0.445 e. The van der Waals surface area contributed by atoms with Gasteiger partial charge in [0.15, 0.2) is 0 Å². The number of piperidine rings is 1. The van der Waals surface area contributed by atoms with Crippen molar-refractivity contribution in [2.75, 3.05) is 13.2 Å². The molecule has 0 aliphatic carbocycles. The molecule has 4 rings (SSSR count). The Morgan fingerprint density at radius 1 is 1.24 bits per heavy atom. The van der Waals surface area contributed by atoms with Crippen LogP contribution >= 0.6 is 0 Å². The number of nitriles is 1. The minimum absolute atomic E-state index is 0.212. The summed E-state index contributed by atoms with van der Waals surface area (Å²) in [6, 6.07) is 16.5. The quantitative estimate of drug-likeness (QED) is 0.867. The summed E-state index contributed by atoms with van der Waals surface area (Å²) >= 11 is 0. The highest BCUT2D eigenvalue weighted by Crippen LogP contribution is 2.42. The highest BCUT2D eigenvalue weighted by atomic mass is 16.6. The molecule has 2 bridgehead atoms. The number of morpholine rings is 1. The van der Waals surface area contributed by atoms with Crippen molar-refractivity contribution in [2.45, 2.75) is 44.1 Å². The Hall–Kier alpha value is -2.88. The first-order chi connectivity index (χ1) is 14.0. The van der Waals surface area contributed by atoms with Gasteiger partial charge in [0, 0.05) is 12.8 Å². The molecule has 1 N–H and O–H groups in total. The van der Waals surface area contributed by atoms with Crippen LogP contribution in [0.25, 0.3) is 0 Å². The van der Waals surface area contributed by atoms with Gasteiger partial charge in [-0.1, -0.05) is 36.4 Å². The molecule has 2 saturated heterocycles. The van der Waals surface area contributed by atoms with Crippen LogP contribution in [-0.4, -0.2) is 41.4 Å². The number of hydrogen-bond acceptors (Lipinski definition) is 5. The lowest BCUT2D eigenvalue weighted by Gasteiger charge is -2.51. The Kier molecular flexibility index (Phi) is 5.27. The van der Waals surface area contributed by atoms with Crippen molar-refractivity contribution in [1.82, 2.24) is 4.90 Å². The summed E-state index contributed by atoms with van der Waals surface area (Å²) in [4.78, 5) is 14.5. The van der Waals surface area contributed by atoms with E-state index in [1.165, 1.54) is 0 Å². The predicted molar refractivity (Wildman–Crippen MR) is 106 cm³/mol. The Labute approximate surface area is 170 Å². The van der Waals surface area contributed by atoms with Crippen LogP contribution in [0.15, 0.2) is 48.5 Å². The molecule has 2 aliphatic heterocycles. The standard InChI is InChI=1S/C23H24N2O4/c1-16-7-8-18(12-24)9-21(16)23(27)10-19-14-28-15-20(11-23)25(19)22(26)29-13-17-5-3-2-4-6-17/h2-9,19-20,27H,10-11,13-15H2,1H3. The smallest absolute Gasteiger partial charge is 0.410 e. The Balaban J connectivity index is 1.53. The molecule has 6 nitrogen and oxygen atoms in total. The van der Waals surface area contributed by atoms with Crippen LogP contribution in [0.2, 0.25) is 0 Å². The van der Waals surface area contributed by atoms with Crippen molar-refractivity contribution < 1.29 is 19.4 Å². The largest absolute Gasteiger partial charge is 0.445 e. The Bertz CT molecular complexity index is 924. The van der Waals surface area contributed by atoms with Crippen LogP contribution in [-0.2, 0) is 21.7 Å². The average Bonchev–Trinajstić information content (AvgIpc) is 2.72. The maximum atomic E-state index is 12.8. The van der Waals surface area contributed by atoms with Crippen LogP contribution in [0, 0.1) is 18.3 Å². The second kappa shape index (κ2) is 7.86. The molecule has 29 heavy (non-hydrogen) atoms. The van der Waals surface area contributed by atoms with Gasteiger partial charge < -0.3 is 14.6 Å². The van der Waals surface area contributed by atoms with E-state index in [0.29, 0.717) is 31.6 Å². The van der Waals surface area contributed by atoms with Crippen molar-refractivity contribution in [1.29, 1.82) is 5.26 Å². The zero-order valence-corrected chi connectivity index (χ0v) is 16.4. The number of carbonyl (C=O) groups is 1. The first-order valence-electron chi connectivity index (χ1n) is 9.80. The molecule has 2 aromatic rings. The lowest BCUT2D eigenvalue weighted by atomic mass is 9.75. The van der Waals surface area contributed by atoms with Gasteiger partial charge in [0.2, 0.25) is 0 Å². The van der Waals surface area contributed by atoms with Gasteiger partial charge in [0.1, 0.15) is 6.61 Å². The number of carbonyl (C=O) groups excluding carboxylic acids is 1. The van der Waals surface area contributed by atoms with Gasteiger partial charge in [-0.2, -0.15) is 5.26 Å². The zero-order chi connectivity index (χ0) is 20.4. The number of fused-ring (bicyclic) bond motifs is 2. The van der Waals surface area contributed by atoms with Gasteiger partial charge in [0.05, 0.1) is 42.5 Å². The van der Waals surface area contributed by atoms with Gasteiger partial charge in [-0.05, 0) is 35.7 Å². The van der Waals surface area contributed by atoms with Crippen molar-refractivity contribution in [2.24, 2.45) is 0 Å². The molecule has 2 aromatic carbocycles. The Morgan fingerprint density at radius 3 is 2.59 bits per heavy atom. The second-order valence-electron chi connectivity index (χ2n) is 7.87. The molecule has 2 unspecified atom stereocenters. The first-order valence-corrected chi connectivity index (χ1v) is 9.80. The van der Waals surface area contributed by atoms with Crippen LogP contribution in [0.1, 0.15) is 35.1 Å². The SMILES string of the molecule is Cc1ccc(C#N)cc1C1(O)CC2COCC(C1)N2C(=O)OCc1ccccc1. The molecule has 6 heteroatoms. The average molecular weight is 392 g/mol. The fourth-order valence-corrected chi connectivity index (χ4v) is 4.48. The van der Waals surface area contributed by atoms with E-state index in [4.69, 9.17) is 9.47 Å². The monoisotopic (exact) mass is 392 g/mol. The lowest BCUT2D eigenvalue weighted by Crippen LogP contribution is -2.62. The van der Waals surface area contributed by atoms with Gasteiger partial charge in [-0.15, -0.1) is 0 Å². The first kappa shape index (κ1) is 19.4. The molecule has 2 aliphatic rings. The summed E-state index contributed by atoms with van der Waals surface area (Å²) in [5, 5.41) is 20.8. The topological polar surface area (TPSA) is 82.8 Å². The maximum absolute atomic E-state index is 12.8. The number of amides is 1. The summed E-state index contributed by atoms with van der Waals surface area (Å²) < 4.78 is 11.2. The van der Waals surface area contributed by atoms with Gasteiger partial charge in [-0.3, -0.25) is 4.90 Å². The van der Waals surface area contributed by atoms with Crippen LogP contribution in [0.5, 0.6) is 0 Å². The van der Waals surface area contributed by atoms with Crippen LogP contribution in [0.3, 0.4) is 0 Å². The third-order valence-electron chi connectivity index (χ3n) is 5.84. The molecule has 2 heterocycles. The van der Waals surface area contributed by atoms with E-state index in [0.717, 1.165) is 16.7 Å². The fraction of sp³-hybridized carbons (Fsp3) is 0.391. The molecule has 0 aromatic heterocycles. The van der Waals surface area contributed by atoms with E-state index in [1.807, 2.05) is 43.3 Å². The van der Waals surface area contributed by atoms with E-state index in [9.17, 15) is 15.2 Å². The van der Waals surface area contributed by atoms with Crippen molar-refractivity contribution in [3.8, 4) is 6.07 Å². The lowest BCUT2D eigenvalue weighted by molar-refractivity contribution is -0.137. The van der Waals surface area contributed by atoms with E-state index in [1.54, 1.807) is 17.0 Å². The summed E-state index contributed by atoms with van der Waals surface area (Å²) in [6.07, 6.45) is 0.316. The normalized spacial score (nSPS) is 25.9. The number of hydrogen-bond donors (Lipinski definition) is 1. The maximum Gasteiger partial charge on any atom is 0.410 e. The minimum atomic E-state index is -1.10. The molecule has 2 fully saturated rings. The van der Waals surface area contributed by atoms with E-state index in [2.05, 4.69) is 6.07 Å². The summed E-state index contributed by atoms with van der Waals surface area (Å²) in [5.41, 5.74) is 2.04. The molecule has 0 radical (unpaired) electrons. The summed E-state index contributed by atoms with van der Waals surface area (Å²) in [7, 11) is 0. The number of nitrogens with zero attached hydrogens (tertiary/aromatic N) is 2. The van der Waals surface area contributed by atoms with Crippen molar-refractivity contribution >= 4 is 6.09 Å². The van der Waals surface area contributed by atoms with E-state index < -0.39 is 5.60 Å². The number of aliphatic hydroxyl groups is 1. The molecular formula is C23H24N2O4. The summed E-state index contributed by atoms with van der Waals surface area (Å²) in [5.74, 6) is 0. The molecular weight excluding hydrogens is 368 g/mol. The Morgan fingerprint density at radius 2 is 1.93 bits per heavy atom. The third kappa shape index (κ3) is 3.84. The predicted octanol–water partition coefficient (Wildman–Crippen LogP) is 3.25. The third-order valence-corrected chi connectivity index (χ3v) is 5.84. The van der Waals surface area contributed by atoms with E-state index in [-0.39, 0.29) is 24.8 Å². The molecule has 0 spiro atoms. The van der Waals surface area contributed by atoms with Gasteiger partial charge in [0.25, 0.3) is 0 Å². The van der Waals surface area contributed by atoms with Crippen molar-refractivity contribution in [3.63, 3.8) is 0 Å². The van der Waals surface area contributed by atoms with Gasteiger partial charge in [-0.25, -0.2) is 4.79 Å². The molecule has 2 atom stereocenters. The van der Waals surface area contributed by atoms with Crippen molar-refractivity contribution in [3.05, 3.63) is 70.8 Å². The number of benzene rings is 2. The van der Waals surface area contributed by atoms with Gasteiger partial charge >= 0.3 is 6.09 Å². The van der Waals surface area contributed by atoms with Crippen LogP contribution < -0.4 is 0 Å². The molecule has 150 valence electrons. The second-order valence-corrected chi connectivity index (χ2v) is 7.87. The summed E-state index contributed by atoms with van der Waals surface area (Å²) in [6.45, 7) is 2.86. The molecule has 0 saturated carbocycles. The van der Waals surface area contributed by atoms with Crippen LogP contribution in [0.4, 0.5) is 4.79 Å². The molecule has 1 amide bonds. The number of ether oxygens (including phenoxy) is 2.